The lowest BCUT2D eigenvalue weighted by atomic mass is 9.89. The first-order valence-corrected chi connectivity index (χ1v) is 7.87. The molecule has 0 amide bonds. The Hall–Kier alpha value is -1.37. The first kappa shape index (κ1) is 17.7. The van der Waals surface area contributed by atoms with Crippen LogP contribution in [-0.4, -0.2) is 31.1 Å². The Morgan fingerprint density at radius 3 is 2.33 bits per heavy atom. The Bertz CT molecular complexity index is 449. The second-order valence-corrected chi connectivity index (χ2v) is 6.31. The molecule has 0 saturated heterocycles. The van der Waals surface area contributed by atoms with Crippen LogP contribution in [0.2, 0.25) is 0 Å². The maximum absolute atomic E-state index is 9.83. The van der Waals surface area contributed by atoms with Gasteiger partial charge < -0.3 is 4.90 Å². The molecule has 0 bridgehead atoms. The zero-order chi connectivity index (χ0) is 15.9. The van der Waals surface area contributed by atoms with Gasteiger partial charge in [0.2, 0.25) is 0 Å². The number of nitrogens with zero attached hydrogens (tertiary/aromatic N) is 2. The Morgan fingerprint density at radius 2 is 1.86 bits per heavy atom. The van der Waals surface area contributed by atoms with Crippen molar-refractivity contribution in [3.05, 3.63) is 35.9 Å². The van der Waals surface area contributed by atoms with Gasteiger partial charge in [0, 0.05) is 12.6 Å². The van der Waals surface area contributed by atoms with Gasteiger partial charge in [0.05, 0.1) is 6.07 Å². The topological polar surface area (TPSA) is 39.1 Å². The van der Waals surface area contributed by atoms with E-state index in [-0.39, 0.29) is 0 Å². The highest BCUT2D eigenvalue weighted by Crippen LogP contribution is 2.23. The van der Waals surface area contributed by atoms with Gasteiger partial charge in [-0.3, -0.25) is 5.32 Å². The lowest BCUT2D eigenvalue weighted by molar-refractivity contribution is 0.182. The van der Waals surface area contributed by atoms with E-state index >= 15 is 0 Å². The quantitative estimate of drug-likeness (QED) is 0.796. The monoisotopic (exact) mass is 287 g/mol. The van der Waals surface area contributed by atoms with Crippen LogP contribution in [0.1, 0.15) is 39.7 Å². The van der Waals surface area contributed by atoms with E-state index in [0.29, 0.717) is 18.5 Å². The molecule has 116 valence electrons. The predicted octanol–water partition coefficient (Wildman–Crippen LogP) is 3.38. The SMILES string of the molecule is CCNC(C#N)(CN(C)C(C)CC(C)C)c1ccccc1. The lowest BCUT2D eigenvalue weighted by Gasteiger charge is -2.35. The van der Waals surface area contributed by atoms with Gasteiger partial charge in [-0.25, -0.2) is 0 Å². The summed E-state index contributed by atoms with van der Waals surface area (Å²) in [7, 11) is 2.11. The van der Waals surface area contributed by atoms with E-state index in [4.69, 9.17) is 0 Å². The molecule has 0 aromatic heterocycles. The zero-order valence-corrected chi connectivity index (χ0v) is 14.1. The average molecular weight is 287 g/mol. The highest BCUT2D eigenvalue weighted by atomic mass is 15.2. The molecule has 0 aliphatic heterocycles. The van der Waals surface area contributed by atoms with Crippen LogP contribution in [0.3, 0.4) is 0 Å². The van der Waals surface area contributed by atoms with Gasteiger partial charge in [-0.1, -0.05) is 51.1 Å². The van der Waals surface area contributed by atoms with Crippen LogP contribution in [0, 0.1) is 17.2 Å². The number of rotatable bonds is 8. The summed E-state index contributed by atoms with van der Waals surface area (Å²) < 4.78 is 0. The fourth-order valence-corrected chi connectivity index (χ4v) is 2.81. The van der Waals surface area contributed by atoms with Crippen LogP contribution in [-0.2, 0) is 5.54 Å². The number of benzene rings is 1. The van der Waals surface area contributed by atoms with E-state index in [9.17, 15) is 5.26 Å². The predicted molar refractivity (Wildman–Crippen MR) is 89.0 cm³/mol. The fraction of sp³-hybridized carbons (Fsp3) is 0.611. The molecule has 21 heavy (non-hydrogen) atoms. The first-order chi connectivity index (χ1) is 9.95. The van der Waals surface area contributed by atoms with Crippen molar-refractivity contribution in [3.63, 3.8) is 0 Å². The average Bonchev–Trinajstić information content (AvgIpc) is 2.46. The van der Waals surface area contributed by atoms with Crippen LogP contribution < -0.4 is 5.32 Å². The lowest BCUT2D eigenvalue weighted by Crippen LogP contribution is -2.51. The summed E-state index contributed by atoms with van der Waals surface area (Å²) >= 11 is 0. The minimum atomic E-state index is -0.643. The van der Waals surface area contributed by atoms with Gasteiger partial charge in [-0.2, -0.15) is 5.26 Å². The van der Waals surface area contributed by atoms with Crippen molar-refractivity contribution >= 4 is 0 Å². The minimum Gasteiger partial charge on any atom is -0.300 e. The van der Waals surface area contributed by atoms with Crippen molar-refractivity contribution in [1.29, 1.82) is 5.26 Å². The normalized spacial score (nSPS) is 15.7. The van der Waals surface area contributed by atoms with E-state index in [1.54, 1.807) is 0 Å². The van der Waals surface area contributed by atoms with Crippen molar-refractivity contribution in [2.45, 2.75) is 45.7 Å². The highest BCUT2D eigenvalue weighted by molar-refractivity contribution is 5.32. The molecule has 0 fully saturated rings. The van der Waals surface area contributed by atoms with Gasteiger partial charge in [0.1, 0.15) is 5.54 Å². The standard InChI is InChI=1S/C18H29N3/c1-6-20-18(13-19,17-10-8-7-9-11-17)14-21(5)16(4)12-15(2)3/h7-11,15-16,20H,6,12,14H2,1-5H3. The van der Waals surface area contributed by atoms with Crippen LogP contribution in [0.15, 0.2) is 30.3 Å². The zero-order valence-electron chi connectivity index (χ0n) is 14.1. The molecule has 0 spiro atoms. The summed E-state index contributed by atoms with van der Waals surface area (Å²) in [5.41, 5.74) is 0.397. The van der Waals surface area contributed by atoms with E-state index in [0.717, 1.165) is 18.5 Å². The van der Waals surface area contributed by atoms with Gasteiger partial charge in [0.15, 0.2) is 0 Å². The Morgan fingerprint density at radius 1 is 1.24 bits per heavy atom. The minimum absolute atomic E-state index is 0.458. The molecule has 2 unspecified atom stereocenters. The number of hydrogen-bond donors (Lipinski definition) is 1. The largest absolute Gasteiger partial charge is 0.300 e. The summed E-state index contributed by atoms with van der Waals surface area (Å²) in [6.45, 7) is 10.2. The first-order valence-electron chi connectivity index (χ1n) is 7.87. The number of nitrogens with one attached hydrogen (secondary N) is 1. The second-order valence-electron chi connectivity index (χ2n) is 6.31. The van der Waals surface area contributed by atoms with Crippen LogP contribution >= 0.6 is 0 Å². The third kappa shape index (κ3) is 4.84. The number of likely N-dealkylation sites (N-methyl/N-ethyl adjacent to an activating group) is 2. The number of hydrogen-bond acceptors (Lipinski definition) is 3. The van der Waals surface area contributed by atoms with Crippen molar-refractivity contribution in [1.82, 2.24) is 10.2 Å². The molecule has 1 aromatic carbocycles. The molecular formula is C18H29N3. The molecule has 1 aromatic rings. The highest BCUT2D eigenvalue weighted by Gasteiger charge is 2.33. The summed E-state index contributed by atoms with van der Waals surface area (Å²) in [6.07, 6.45) is 1.14. The van der Waals surface area contributed by atoms with Crippen LogP contribution in [0.5, 0.6) is 0 Å². The Kier molecular flexibility index (Phi) is 6.87. The van der Waals surface area contributed by atoms with Crippen molar-refractivity contribution in [3.8, 4) is 6.07 Å². The maximum Gasteiger partial charge on any atom is 0.145 e. The van der Waals surface area contributed by atoms with Gasteiger partial charge in [-0.15, -0.1) is 0 Å². The van der Waals surface area contributed by atoms with Crippen molar-refractivity contribution < 1.29 is 0 Å². The molecule has 0 saturated carbocycles. The van der Waals surface area contributed by atoms with Crippen molar-refractivity contribution in [2.24, 2.45) is 5.92 Å². The number of nitriles is 1. The van der Waals surface area contributed by atoms with E-state index in [1.807, 2.05) is 37.3 Å². The smallest absolute Gasteiger partial charge is 0.145 e. The summed E-state index contributed by atoms with van der Waals surface area (Å²) in [5.74, 6) is 0.662. The van der Waals surface area contributed by atoms with E-state index < -0.39 is 5.54 Å². The molecule has 2 atom stereocenters. The van der Waals surface area contributed by atoms with E-state index in [2.05, 4.69) is 44.1 Å². The molecule has 0 radical (unpaired) electrons. The van der Waals surface area contributed by atoms with Crippen molar-refractivity contribution in [2.75, 3.05) is 20.1 Å². The molecule has 0 heterocycles. The summed E-state index contributed by atoms with van der Waals surface area (Å²) in [4.78, 5) is 2.29. The van der Waals surface area contributed by atoms with Crippen LogP contribution in [0.4, 0.5) is 0 Å². The molecule has 1 rings (SSSR count). The van der Waals surface area contributed by atoms with Gasteiger partial charge in [0.25, 0.3) is 0 Å². The third-order valence-electron chi connectivity index (χ3n) is 3.99. The van der Waals surface area contributed by atoms with Gasteiger partial charge in [-0.05, 0) is 38.4 Å². The summed E-state index contributed by atoms with van der Waals surface area (Å²) in [5, 5.41) is 13.2. The van der Waals surface area contributed by atoms with E-state index in [1.165, 1.54) is 0 Å². The molecule has 3 heteroatoms. The molecule has 3 nitrogen and oxygen atoms in total. The Labute approximate surface area is 130 Å². The molecule has 1 N–H and O–H groups in total. The molecular weight excluding hydrogens is 258 g/mol. The second kappa shape index (κ2) is 8.17. The van der Waals surface area contributed by atoms with Gasteiger partial charge >= 0.3 is 0 Å². The van der Waals surface area contributed by atoms with Crippen LogP contribution in [0.25, 0.3) is 0 Å². The third-order valence-corrected chi connectivity index (χ3v) is 3.99. The summed E-state index contributed by atoms with van der Waals surface area (Å²) in [6, 6.07) is 13.0. The molecule has 0 aliphatic rings. The molecule has 0 aliphatic carbocycles. The fourth-order valence-electron chi connectivity index (χ4n) is 2.81. The Balaban J connectivity index is 2.96. The maximum atomic E-state index is 9.83.